The summed E-state index contributed by atoms with van der Waals surface area (Å²) in [4.78, 5) is 0. The Labute approximate surface area is 125 Å². The second kappa shape index (κ2) is 4.90. The molecule has 2 aliphatic rings. The molecule has 0 nitrogen and oxygen atoms in total. The molecule has 1 radical (unpaired) electrons. The number of benzene rings is 1. The Hall–Kier alpha value is -0.780. The Balaban J connectivity index is 2.01. The molecule has 1 saturated carbocycles. The zero-order valence-corrected chi connectivity index (χ0v) is 13.6. The summed E-state index contributed by atoms with van der Waals surface area (Å²) >= 11 is 0. The molecule has 0 bridgehead atoms. The first kappa shape index (κ1) is 14.2. The molecule has 0 saturated heterocycles. The second-order valence-corrected chi connectivity index (χ2v) is 8.20. The van der Waals surface area contributed by atoms with E-state index in [2.05, 4.69) is 52.3 Å². The highest BCUT2D eigenvalue weighted by Gasteiger charge is 2.37. The van der Waals surface area contributed by atoms with Crippen LogP contribution in [0.5, 0.6) is 0 Å². The SMILES string of the molecule is CC1(C)CCC(C)(C)c2cc(C3[CH]CCCC3)ccc21. The van der Waals surface area contributed by atoms with Crippen LogP contribution in [0.15, 0.2) is 18.2 Å². The maximum absolute atomic E-state index is 2.55. The van der Waals surface area contributed by atoms with Crippen molar-refractivity contribution < 1.29 is 0 Å². The molecule has 3 rings (SSSR count). The van der Waals surface area contributed by atoms with Crippen molar-refractivity contribution in [2.75, 3.05) is 0 Å². The van der Waals surface area contributed by atoms with Crippen molar-refractivity contribution in [3.05, 3.63) is 41.3 Å². The van der Waals surface area contributed by atoms with Gasteiger partial charge in [-0.1, -0.05) is 58.7 Å². The molecule has 0 heteroatoms. The molecule has 0 heterocycles. The fourth-order valence-corrected chi connectivity index (χ4v) is 4.09. The number of fused-ring (bicyclic) bond motifs is 1. The zero-order valence-electron chi connectivity index (χ0n) is 13.6. The topological polar surface area (TPSA) is 0 Å². The Bertz CT molecular complexity index is 487. The van der Waals surface area contributed by atoms with Crippen molar-refractivity contribution in [1.29, 1.82) is 0 Å². The highest BCUT2D eigenvalue weighted by atomic mass is 14.4. The third kappa shape index (κ3) is 2.43. The van der Waals surface area contributed by atoms with Crippen LogP contribution in [-0.4, -0.2) is 0 Å². The van der Waals surface area contributed by atoms with Gasteiger partial charge in [0.05, 0.1) is 0 Å². The molecule has 20 heavy (non-hydrogen) atoms. The minimum Gasteiger partial charge on any atom is -0.0584 e. The van der Waals surface area contributed by atoms with Gasteiger partial charge in [-0.25, -0.2) is 0 Å². The molecule has 0 amide bonds. The number of hydrogen-bond donors (Lipinski definition) is 0. The molecule has 1 aromatic carbocycles. The van der Waals surface area contributed by atoms with E-state index >= 15 is 0 Å². The summed E-state index contributed by atoms with van der Waals surface area (Å²) in [6.45, 7) is 9.67. The van der Waals surface area contributed by atoms with E-state index in [1.54, 1.807) is 16.7 Å². The van der Waals surface area contributed by atoms with Gasteiger partial charge < -0.3 is 0 Å². The summed E-state index contributed by atoms with van der Waals surface area (Å²) in [5.74, 6) is 0.704. The molecule has 0 N–H and O–H groups in total. The van der Waals surface area contributed by atoms with Gasteiger partial charge in [0, 0.05) is 0 Å². The third-order valence-corrected chi connectivity index (χ3v) is 5.73. The van der Waals surface area contributed by atoms with E-state index in [1.807, 2.05) is 0 Å². The molecule has 2 aliphatic carbocycles. The van der Waals surface area contributed by atoms with Crippen LogP contribution in [0.4, 0.5) is 0 Å². The van der Waals surface area contributed by atoms with Crippen molar-refractivity contribution in [3.63, 3.8) is 0 Å². The maximum atomic E-state index is 2.55. The van der Waals surface area contributed by atoms with Gasteiger partial charge in [0.2, 0.25) is 0 Å². The van der Waals surface area contributed by atoms with Crippen LogP contribution >= 0.6 is 0 Å². The van der Waals surface area contributed by atoms with Gasteiger partial charge >= 0.3 is 0 Å². The van der Waals surface area contributed by atoms with Crippen LogP contribution in [0.25, 0.3) is 0 Å². The summed E-state index contributed by atoms with van der Waals surface area (Å²) in [6.07, 6.45) is 10.6. The predicted octanol–water partition coefficient (Wildman–Crippen LogP) is 5.90. The molecular weight excluding hydrogens is 240 g/mol. The molecule has 1 atom stereocenters. The van der Waals surface area contributed by atoms with Crippen molar-refractivity contribution in [3.8, 4) is 0 Å². The van der Waals surface area contributed by atoms with Crippen LogP contribution in [0.3, 0.4) is 0 Å². The Morgan fingerprint density at radius 1 is 0.900 bits per heavy atom. The highest BCUT2D eigenvalue weighted by Crippen LogP contribution is 2.47. The average Bonchev–Trinajstić information content (AvgIpc) is 2.45. The lowest BCUT2D eigenvalue weighted by atomic mass is 9.62. The lowest BCUT2D eigenvalue weighted by molar-refractivity contribution is 0.331. The van der Waals surface area contributed by atoms with Crippen LogP contribution in [0, 0.1) is 6.42 Å². The monoisotopic (exact) mass is 269 g/mol. The largest absolute Gasteiger partial charge is 0.0584 e. The Kier molecular flexibility index (Phi) is 3.47. The first-order valence-electron chi connectivity index (χ1n) is 8.38. The van der Waals surface area contributed by atoms with Crippen molar-refractivity contribution >= 4 is 0 Å². The van der Waals surface area contributed by atoms with E-state index in [0.717, 1.165) is 0 Å². The van der Waals surface area contributed by atoms with Crippen molar-refractivity contribution in [2.45, 2.75) is 83.0 Å². The number of hydrogen-bond acceptors (Lipinski definition) is 0. The van der Waals surface area contributed by atoms with E-state index in [1.165, 1.54) is 38.5 Å². The summed E-state index contributed by atoms with van der Waals surface area (Å²) in [6, 6.07) is 7.39. The fourth-order valence-electron chi connectivity index (χ4n) is 4.09. The minimum atomic E-state index is 0.343. The average molecular weight is 269 g/mol. The molecule has 1 fully saturated rings. The zero-order chi connectivity index (χ0) is 14.4. The predicted molar refractivity (Wildman–Crippen MR) is 87.2 cm³/mol. The molecule has 1 aromatic rings. The lowest BCUT2D eigenvalue weighted by Gasteiger charge is -2.42. The number of rotatable bonds is 1. The fraction of sp³-hybridized carbons (Fsp3) is 0.650. The summed E-state index contributed by atoms with van der Waals surface area (Å²) in [7, 11) is 0. The molecule has 1 unspecified atom stereocenters. The van der Waals surface area contributed by atoms with Gasteiger partial charge in [-0.05, 0) is 65.5 Å². The van der Waals surface area contributed by atoms with E-state index in [0.29, 0.717) is 16.7 Å². The quantitative estimate of drug-likeness (QED) is 0.595. The highest BCUT2D eigenvalue weighted by molar-refractivity contribution is 5.44. The normalized spacial score (nSPS) is 25.2. The Morgan fingerprint density at radius 3 is 2.25 bits per heavy atom. The van der Waals surface area contributed by atoms with Gasteiger partial charge in [0.25, 0.3) is 0 Å². The minimum absolute atomic E-state index is 0.343. The van der Waals surface area contributed by atoms with Crippen molar-refractivity contribution in [2.24, 2.45) is 0 Å². The van der Waals surface area contributed by atoms with E-state index in [9.17, 15) is 0 Å². The first-order valence-corrected chi connectivity index (χ1v) is 8.38. The summed E-state index contributed by atoms with van der Waals surface area (Å²) in [5, 5.41) is 0. The Morgan fingerprint density at radius 2 is 1.60 bits per heavy atom. The van der Waals surface area contributed by atoms with E-state index in [-0.39, 0.29) is 0 Å². The van der Waals surface area contributed by atoms with Crippen LogP contribution in [0.2, 0.25) is 0 Å². The van der Waals surface area contributed by atoms with Gasteiger partial charge in [-0.3, -0.25) is 0 Å². The van der Waals surface area contributed by atoms with Gasteiger partial charge in [0.1, 0.15) is 0 Å². The van der Waals surface area contributed by atoms with Crippen LogP contribution in [0.1, 0.15) is 88.8 Å². The second-order valence-electron chi connectivity index (χ2n) is 8.20. The lowest BCUT2D eigenvalue weighted by Crippen LogP contribution is -2.34. The summed E-state index contributed by atoms with van der Waals surface area (Å²) < 4.78 is 0. The van der Waals surface area contributed by atoms with E-state index in [4.69, 9.17) is 0 Å². The standard InChI is InChI=1S/C20H29/c1-19(2)12-13-20(3,4)18-14-16(10-11-17(18)19)15-8-6-5-7-9-15/h8,10-11,14-15H,5-7,9,12-13H2,1-4H3. The van der Waals surface area contributed by atoms with Gasteiger partial charge in [-0.15, -0.1) is 0 Å². The van der Waals surface area contributed by atoms with E-state index < -0.39 is 0 Å². The third-order valence-electron chi connectivity index (χ3n) is 5.73. The first-order chi connectivity index (χ1) is 9.40. The summed E-state index contributed by atoms with van der Waals surface area (Å²) in [5.41, 5.74) is 5.46. The van der Waals surface area contributed by atoms with Crippen LogP contribution in [-0.2, 0) is 10.8 Å². The smallest absolute Gasteiger partial charge is 0.0100 e. The molecule has 0 spiro atoms. The van der Waals surface area contributed by atoms with Crippen LogP contribution < -0.4 is 0 Å². The van der Waals surface area contributed by atoms with Crippen molar-refractivity contribution in [1.82, 2.24) is 0 Å². The molecule has 0 aliphatic heterocycles. The molecule has 109 valence electrons. The van der Waals surface area contributed by atoms with Gasteiger partial charge in [-0.2, -0.15) is 0 Å². The molecule has 0 aromatic heterocycles. The maximum Gasteiger partial charge on any atom is -0.0100 e. The molecular formula is C20H29. The van der Waals surface area contributed by atoms with Gasteiger partial charge in [0.15, 0.2) is 0 Å².